The van der Waals surface area contributed by atoms with Crippen LogP contribution in [-0.2, 0) is 16.1 Å². The van der Waals surface area contributed by atoms with Gasteiger partial charge in [0.25, 0.3) is 0 Å². The SMILES string of the molecule is COC(=O)c1ccc(CNC(=O)/C=C/c2cc(OC)c(OC)cc2OC)cc1. The molecule has 7 heteroatoms. The molecule has 0 saturated carbocycles. The lowest BCUT2D eigenvalue weighted by atomic mass is 10.1. The molecule has 0 unspecified atom stereocenters. The normalized spacial score (nSPS) is 10.4. The van der Waals surface area contributed by atoms with E-state index in [0.717, 1.165) is 5.56 Å². The van der Waals surface area contributed by atoms with Gasteiger partial charge in [0.05, 0.1) is 34.0 Å². The summed E-state index contributed by atoms with van der Waals surface area (Å²) in [4.78, 5) is 23.5. The van der Waals surface area contributed by atoms with Crippen molar-refractivity contribution in [3.05, 3.63) is 59.2 Å². The molecule has 0 aliphatic heterocycles. The van der Waals surface area contributed by atoms with Crippen molar-refractivity contribution < 1.29 is 28.5 Å². The molecule has 2 aromatic carbocycles. The van der Waals surface area contributed by atoms with Gasteiger partial charge in [-0.05, 0) is 29.8 Å². The van der Waals surface area contributed by atoms with Gasteiger partial charge in [0.2, 0.25) is 5.91 Å². The number of hydrogen-bond donors (Lipinski definition) is 1. The minimum Gasteiger partial charge on any atom is -0.496 e. The summed E-state index contributed by atoms with van der Waals surface area (Å²) in [6.45, 7) is 0.327. The lowest BCUT2D eigenvalue weighted by Crippen LogP contribution is -2.20. The first-order chi connectivity index (χ1) is 13.5. The standard InChI is InChI=1S/C21H23NO6/c1-25-17-12-19(27-3)18(26-2)11-16(17)9-10-20(23)22-13-14-5-7-15(8-6-14)21(24)28-4/h5-12H,13H2,1-4H3,(H,22,23)/b10-9+. The fourth-order valence-electron chi connectivity index (χ4n) is 2.47. The van der Waals surface area contributed by atoms with Crippen LogP contribution >= 0.6 is 0 Å². The monoisotopic (exact) mass is 385 g/mol. The van der Waals surface area contributed by atoms with Crippen LogP contribution in [0, 0.1) is 0 Å². The molecule has 28 heavy (non-hydrogen) atoms. The third kappa shape index (κ3) is 5.26. The maximum absolute atomic E-state index is 12.1. The van der Waals surface area contributed by atoms with Crippen LogP contribution in [-0.4, -0.2) is 40.3 Å². The molecule has 0 fully saturated rings. The summed E-state index contributed by atoms with van der Waals surface area (Å²) in [5, 5.41) is 2.78. The van der Waals surface area contributed by atoms with Crippen LogP contribution in [0.5, 0.6) is 17.2 Å². The minimum atomic E-state index is -0.401. The molecule has 0 spiro atoms. The molecule has 0 heterocycles. The highest BCUT2D eigenvalue weighted by molar-refractivity contribution is 5.92. The molecule has 0 atom stereocenters. The number of amides is 1. The van der Waals surface area contributed by atoms with E-state index in [4.69, 9.17) is 14.2 Å². The average Bonchev–Trinajstić information content (AvgIpc) is 2.75. The lowest BCUT2D eigenvalue weighted by Gasteiger charge is -2.12. The molecule has 0 aliphatic carbocycles. The van der Waals surface area contributed by atoms with Gasteiger partial charge >= 0.3 is 5.97 Å². The zero-order valence-electron chi connectivity index (χ0n) is 16.3. The molecule has 0 bridgehead atoms. The number of methoxy groups -OCH3 is 4. The Bertz CT molecular complexity index is 858. The summed E-state index contributed by atoms with van der Waals surface area (Å²) >= 11 is 0. The second-order valence-corrected chi connectivity index (χ2v) is 5.69. The molecular formula is C21H23NO6. The molecule has 1 N–H and O–H groups in total. The number of hydrogen-bond acceptors (Lipinski definition) is 6. The van der Waals surface area contributed by atoms with Crippen LogP contribution < -0.4 is 19.5 Å². The first kappa shape index (κ1) is 20.8. The smallest absolute Gasteiger partial charge is 0.337 e. The third-order valence-electron chi connectivity index (χ3n) is 3.99. The molecule has 1 amide bonds. The zero-order valence-corrected chi connectivity index (χ0v) is 16.3. The average molecular weight is 385 g/mol. The van der Waals surface area contributed by atoms with Crippen molar-refractivity contribution in [2.24, 2.45) is 0 Å². The molecule has 0 aromatic heterocycles. The number of nitrogens with one attached hydrogen (secondary N) is 1. The number of carbonyl (C=O) groups is 2. The Morgan fingerprint density at radius 3 is 2.07 bits per heavy atom. The lowest BCUT2D eigenvalue weighted by molar-refractivity contribution is -0.116. The maximum atomic E-state index is 12.1. The number of esters is 1. The summed E-state index contributed by atoms with van der Waals surface area (Å²) in [5.41, 5.74) is 1.99. The van der Waals surface area contributed by atoms with E-state index in [2.05, 4.69) is 10.1 Å². The van der Waals surface area contributed by atoms with E-state index in [1.165, 1.54) is 34.5 Å². The van der Waals surface area contributed by atoms with Gasteiger partial charge in [-0.1, -0.05) is 12.1 Å². The van der Waals surface area contributed by atoms with Gasteiger partial charge in [-0.15, -0.1) is 0 Å². The van der Waals surface area contributed by atoms with E-state index in [1.807, 2.05) is 0 Å². The second-order valence-electron chi connectivity index (χ2n) is 5.69. The van der Waals surface area contributed by atoms with Gasteiger partial charge in [0, 0.05) is 24.3 Å². The largest absolute Gasteiger partial charge is 0.496 e. The minimum absolute atomic E-state index is 0.270. The Morgan fingerprint density at radius 2 is 1.50 bits per heavy atom. The molecule has 0 saturated heterocycles. The summed E-state index contributed by atoms with van der Waals surface area (Å²) in [6.07, 6.45) is 3.04. The number of ether oxygens (including phenoxy) is 4. The van der Waals surface area contributed by atoms with Gasteiger partial charge in [-0.2, -0.15) is 0 Å². The fraction of sp³-hybridized carbons (Fsp3) is 0.238. The number of benzene rings is 2. The van der Waals surface area contributed by atoms with Crippen molar-refractivity contribution in [3.63, 3.8) is 0 Å². The fourth-order valence-corrected chi connectivity index (χ4v) is 2.47. The van der Waals surface area contributed by atoms with Gasteiger partial charge in [-0.3, -0.25) is 4.79 Å². The topological polar surface area (TPSA) is 83.1 Å². The van der Waals surface area contributed by atoms with Crippen LogP contribution in [0.25, 0.3) is 6.08 Å². The van der Waals surface area contributed by atoms with Crippen LogP contribution in [0.1, 0.15) is 21.5 Å². The van der Waals surface area contributed by atoms with Crippen molar-refractivity contribution in [1.82, 2.24) is 5.32 Å². The van der Waals surface area contributed by atoms with E-state index >= 15 is 0 Å². The molecule has 148 valence electrons. The first-order valence-electron chi connectivity index (χ1n) is 8.45. The van der Waals surface area contributed by atoms with Crippen LogP contribution in [0.2, 0.25) is 0 Å². The summed E-state index contributed by atoms with van der Waals surface area (Å²) < 4.78 is 20.5. The molecule has 7 nitrogen and oxygen atoms in total. The van der Waals surface area contributed by atoms with E-state index in [-0.39, 0.29) is 5.91 Å². The van der Waals surface area contributed by atoms with Crippen molar-refractivity contribution >= 4 is 18.0 Å². The third-order valence-corrected chi connectivity index (χ3v) is 3.99. The van der Waals surface area contributed by atoms with Crippen LogP contribution in [0.4, 0.5) is 0 Å². The molecule has 2 aromatic rings. The van der Waals surface area contributed by atoms with E-state index in [0.29, 0.717) is 34.9 Å². The van der Waals surface area contributed by atoms with Crippen LogP contribution in [0.15, 0.2) is 42.5 Å². The highest BCUT2D eigenvalue weighted by atomic mass is 16.5. The summed E-state index contributed by atoms with van der Waals surface area (Å²) in [7, 11) is 5.95. The second kappa shape index (κ2) is 10.0. The zero-order chi connectivity index (χ0) is 20.5. The Kier molecular flexibility index (Phi) is 7.45. The van der Waals surface area contributed by atoms with Crippen molar-refractivity contribution in [3.8, 4) is 17.2 Å². The van der Waals surface area contributed by atoms with E-state index in [9.17, 15) is 9.59 Å². The quantitative estimate of drug-likeness (QED) is 0.556. The molecule has 2 rings (SSSR count). The van der Waals surface area contributed by atoms with E-state index < -0.39 is 5.97 Å². The van der Waals surface area contributed by atoms with Crippen molar-refractivity contribution in [1.29, 1.82) is 0 Å². The van der Waals surface area contributed by atoms with Gasteiger partial charge in [0.15, 0.2) is 11.5 Å². The van der Waals surface area contributed by atoms with Gasteiger partial charge in [-0.25, -0.2) is 4.79 Å². The van der Waals surface area contributed by atoms with Crippen LogP contribution in [0.3, 0.4) is 0 Å². The molecule has 0 radical (unpaired) electrons. The van der Waals surface area contributed by atoms with Crippen molar-refractivity contribution in [2.75, 3.05) is 28.4 Å². The van der Waals surface area contributed by atoms with Gasteiger partial charge < -0.3 is 24.3 Å². The van der Waals surface area contributed by atoms with Crippen molar-refractivity contribution in [2.45, 2.75) is 6.54 Å². The molecule has 0 aliphatic rings. The number of carbonyl (C=O) groups excluding carboxylic acids is 2. The Labute approximate surface area is 163 Å². The Balaban J connectivity index is 2.02. The molecular weight excluding hydrogens is 362 g/mol. The highest BCUT2D eigenvalue weighted by Gasteiger charge is 2.10. The highest BCUT2D eigenvalue weighted by Crippen LogP contribution is 2.35. The van der Waals surface area contributed by atoms with Gasteiger partial charge in [0.1, 0.15) is 5.75 Å². The van der Waals surface area contributed by atoms with E-state index in [1.54, 1.807) is 42.5 Å². The summed E-state index contributed by atoms with van der Waals surface area (Å²) in [5.74, 6) is 0.960. The Morgan fingerprint density at radius 1 is 0.893 bits per heavy atom. The number of rotatable bonds is 8. The first-order valence-corrected chi connectivity index (χ1v) is 8.45. The Hall–Kier alpha value is -3.48. The summed E-state index contributed by atoms with van der Waals surface area (Å²) in [6, 6.07) is 10.2. The maximum Gasteiger partial charge on any atom is 0.337 e. The predicted molar refractivity (Wildman–Crippen MR) is 105 cm³/mol. The predicted octanol–water partition coefficient (Wildman–Crippen LogP) is 2.83.